The molecule has 0 radical (unpaired) electrons. The second-order valence-electron chi connectivity index (χ2n) is 5.49. The average Bonchev–Trinajstić information content (AvgIpc) is 2.72. The number of carbonyl (C=O) groups is 1. The third kappa shape index (κ3) is 5.79. The van der Waals surface area contributed by atoms with E-state index in [2.05, 4.69) is 5.32 Å². The molecule has 0 saturated carbocycles. The van der Waals surface area contributed by atoms with Gasteiger partial charge in [0.2, 0.25) is 0 Å². The summed E-state index contributed by atoms with van der Waals surface area (Å²) < 4.78 is 16.1. The zero-order chi connectivity index (χ0) is 20.4. The zero-order valence-corrected chi connectivity index (χ0v) is 15.6. The molecule has 0 fully saturated rings. The van der Waals surface area contributed by atoms with Crippen LogP contribution in [0.15, 0.2) is 48.0 Å². The smallest absolute Gasteiger partial charge is 0.262 e. The van der Waals surface area contributed by atoms with Crippen molar-refractivity contribution in [1.82, 2.24) is 0 Å². The molecule has 0 aliphatic heterocycles. The molecule has 0 unspecified atom stereocenters. The number of carbonyl (C=O) groups excluding carboxylic acids is 1. The van der Waals surface area contributed by atoms with Gasteiger partial charge in [0.1, 0.15) is 23.5 Å². The van der Waals surface area contributed by atoms with Gasteiger partial charge < -0.3 is 19.5 Å². The first kappa shape index (κ1) is 20.3. The maximum absolute atomic E-state index is 12.1. The number of ether oxygens (including phenoxy) is 3. The van der Waals surface area contributed by atoms with Crippen LogP contribution in [0, 0.1) is 22.7 Å². The van der Waals surface area contributed by atoms with Crippen LogP contribution < -0.4 is 19.5 Å². The number of benzene rings is 2. The van der Waals surface area contributed by atoms with Gasteiger partial charge in [-0.05, 0) is 55.0 Å². The maximum Gasteiger partial charge on any atom is 0.262 e. The van der Waals surface area contributed by atoms with Crippen molar-refractivity contribution in [3.05, 3.63) is 53.6 Å². The largest absolute Gasteiger partial charge is 0.494 e. The van der Waals surface area contributed by atoms with Crippen molar-refractivity contribution in [2.24, 2.45) is 0 Å². The Balaban J connectivity index is 1.99. The van der Waals surface area contributed by atoms with E-state index < -0.39 is 0 Å². The molecule has 0 atom stereocenters. The Morgan fingerprint density at radius 1 is 1.07 bits per heavy atom. The van der Waals surface area contributed by atoms with Crippen LogP contribution in [0.5, 0.6) is 17.2 Å². The highest BCUT2D eigenvalue weighted by Crippen LogP contribution is 2.29. The van der Waals surface area contributed by atoms with Crippen molar-refractivity contribution in [3.8, 4) is 29.4 Å². The molecule has 7 heteroatoms. The Kier molecular flexibility index (Phi) is 7.44. The van der Waals surface area contributed by atoms with Gasteiger partial charge in [-0.25, -0.2) is 0 Å². The Morgan fingerprint density at radius 3 is 2.39 bits per heavy atom. The Morgan fingerprint density at radius 2 is 1.79 bits per heavy atom. The second kappa shape index (κ2) is 10.2. The van der Waals surface area contributed by atoms with Gasteiger partial charge in [-0.15, -0.1) is 0 Å². The van der Waals surface area contributed by atoms with Gasteiger partial charge in [-0.2, -0.15) is 10.5 Å². The van der Waals surface area contributed by atoms with Gasteiger partial charge in [0.05, 0.1) is 13.7 Å². The normalized spacial score (nSPS) is 9.43. The number of rotatable bonds is 8. The fourth-order valence-electron chi connectivity index (χ4n) is 2.29. The zero-order valence-electron chi connectivity index (χ0n) is 15.6. The van der Waals surface area contributed by atoms with E-state index in [4.69, 9.17) is 24.7 Å². The van der Waals surface area contributed by atoms with E-state index in [1.54, 1.807) is 54.6 Å². The third-order valence-electron chi connectivity index (χ3n) is 3.55. The minimum Gasteiger partial charge on any atom is -0.494 e. The Bertz CT molecular complexity index is 922. The van der Waals surface area contributed by atoms with E-state index in [0.717, 1.165) is 5.75 Å². The Hall–Kier alpha value is -3.97. The van der Waals surface area contributed by atoms with Crippen LogP contribution in [-0.2, 0) is 4.79 Å². The molecule has 7 nitrogen and oxygen atoms in total. The van der Waals surface area contributed by atoms with Gasteiger partial charge in [0.15, 0.2) is 18.1 Å². The lowest BCUT2D eigenvalue weighted by Crippen LogP contribution is -2.20. The summed E-state index contributed by atoms with van der Waals surface area (Å²) >= 11 is 0. The SMILES string of the molecule is CCOc1ccc(NC(=O)COc2ccc(C=C(C#N)C#N)cc2OC)cc1. The van der Waals surface area contributed by atoms with Crippen LogP contribution >= 0.6 is 0 Å². The molecule has 0 aromatic heterocycles. The number of amides is 1. The van der Waals surface area contributed by atoms with Crippen molar-refractivity contribution in [2.75, 3.05) is 25.6 Å². The first-order valence-electron chi connectivity index (χ1n) is 8.45. The number of nitrogens with zero attached hydrogens (tertiary/aromatic N) is 2. The highest BCUT2D eigenvalue weighted by Gasteiger charge is 2.09. The van der Waals surface area contributed by atoms with Crippen molar-refractivity contribution >= 4 is 17.7 Å². The fourth-order valence-corrected chi connectivity index (χ4v) is 2.29. The molecule has 0 heterocycles. The predicted octanol–water partition coefficient (Wildman–Crippen LogP) is 3.54. The van der Waals surface area contributed by atoms with Crippen molar-refractivity contribution < 1.29 is 19.0 Å². The van der Waals surface area contributed by atoms with E-state index in [1.165, 1.54) is 13.2 Å². The summed E-state index contributed by atoms with van der Waals surface area (Å²) in [6.07, 6.45) is 1.44. The number of nitriles is 2. The minimum absolute atomic E-state index is 0.0227. The highest BCUT2D eigenvalue weighted by atomic mass is 16.5. The number of anilines is 1. The van der Waals surface area contributed by atoms with Crippen LogP contribution in [0.3, 0.4) is 0 Å². The molecule has 0 bridgehead atoms. The fraction of sp³-hybridized carbons (Fsp3) is 0.190. The van der Waals surface area contributed by atoms with Crippen LogP contribution in [-0.4, -0.2) is 26.2 Å². The van der Waals surface area contributed by atoms with E-state index >= 15 is 0 Å². The molecule has 0 spiro atoms. The number of hydrogen-bond donors (Lipinski definition) is 1. The van der Waals surface area contributed by atoms with E-state index in [-0.39, 0.29) is 18.1 Å². The van der Waals surface area contributed by atoms with E-state index in [1.807, 2.05) is 6.92 Å². The molecular weight excluding hydrogens is 358 g/mol. The lowest BCUT2D eigenvalue weighted by atomic mass is 10.1. The van der Waals surface area contributed by atoms with Crippen molar-refractivity contribution in [2.45, 2.75) is 6.92 Å². The lowest BCUT2D eigenvalue weighted by molar-refractivity contribution is -0.118. The Labute approximate surface area is 163 Å². The van der Waals surface area contributed by atoms with Gasteiger partial charge in [0, 0.05) is 5.69 Å². The van der Waals surface area contributed by atoms with E-state index in [0.29, 0.717) is 29.4 Å². The van der Waals surface area contributed by atoms with Gasteiger partial charge in [-0.3, -0.25) is 4.79 Å². The van der Waals surface area contributed by atoms with Crippen LogP contribution in [0.25, 0.3) is 6.08 Å². The van der Waals surface area contributed by atoms with Crippen molar-refractivity contribution in [1.29, 1.82) is 10.5 Å². The maximum atomic E-state index is 12.1. The molecule has 0 aliphatic rings. The van der Waals surface area contributed by atoms with Crippen molar-refractivity contribution in [3.63, 3.8) is 0 Å². The van der Waals surface area contributed by atoms with Crippen LogP contribution in [0.1, 0.15) is 12.5 Å². The first-order chi connectivity index (χ1) is 13.6. The minimum atomic E-state index is -0.327. The standard InChI is InChI=1S/C21H19N3O4/c1-3-27-18-7-5-17(6-8-18)24-21(25)14-28-19-9-4-15(11-20(19)26-2)10-16(12-22)13-23/h4-11H,3,14H2,1-2H3,(H,24,25). The molecule has 2 aromatic rings. The summed E-state index contributed by atoms with van der Waals surface area (Å²) in [4.78, 5) is 12.1. The summed E-state index contributed by atoms with van der Waals surface area (Å²) in [5.74, 6) is 1.16. The quantitative estimate of drug-likeness (QED) is 0.706. The molecule has 2 rings (SSSR count). The summed E-state index contributed by atoms with van der Waals surface area (Å²) in [6, 6.07) is 15.5. The summed E-state index contributed by atoms with van der Waals surface area (Å²) in [6.45, 7) is 2.26. The molecule has 28 heavy (non-hydrogen) atoms. The monoisotopic (exact) mass is 377 g/mol. The second-order valence-corrected chi connectivity index (χ2v) is 5.49. The molecule has 1 amide bonds. The number of nitrogens with one attached hydrogen (secondary N) is 1. The molecule has 1 N–H and O–H groups in total. The molecule has 142 valence electrons. The molecule has 2 aromatic carbocycles. The third-order valence-corrected chi connectivity index (χ3v) is 3.55. The summed E-state index contributed by atoms with van der Waals surface area (Å²) in [5, 5.41) is 20.4. The van der Waals surface area contributed by atoms with Gasteiger partial charge in [0.25, 0.3) is 5.91 Å². The van der Waals surface area contributed by atoms with Crippen LogP contribution in [0.2, 0.25) is 0 Å². The average molecular weight is 377 g/mol. The van der Waals surface area contributed by atoms with Crippen LogP contribution in [0.4, 0.5) is 5.69 Å². The van der Waals surface area contributed by atoms with E-state index in [9.17, 15) is 4.79 Å². The molecule has 0 aliphatic carbocycles. The highest BCUT2D eigenvalue weighted by molar-refractivity contribution is 5.92. The van der Waals surface area contributed by atoms with Gasteiger partial charge in [-0.1, -0.05) is 6.07 Å². The first-order valence-corrected chi connectivity index (χ1v) is 8.45. The number of hydrogen-bond acceptors (Lipinski definition) is 6. The van der Waals surface area contributed by atoms with Gasteiger partial charge >= 0.3 is 0 Å². The lowest BCUT2D eigenvalue weighted by Gasteiger charge is -2.12. The topological polar surface area (TPSA) is 104 Å². The molecular formula is C21H19N3O4. The molecule has 0 saturated heterocycles. The summed E-state index contributed by atoms with van der Waals surface area (Å²) in [7, 11) is 1.46. The number of allylic oxidation sites excluding steroid dienone is 1. The predicted molar refractivity (Wildman–Crippen MR) is 104 cm³/mol. The number of methoxy groups -OCH3 is 1. The summed E-state index contributed by atoms with van der Waals surface area (Å²) in [5.41, 5.74) is 1.22.